The van der Waals surface area contributed by atoms with Gasteiger partial charge in [-0.2, -0.15) is 5.21 Å². The fraction of sp³-hybridized carbons (Fsp3) is 0.556. The molecule has 0 unspecified atom stereocenters. The van der Waals surface area contributed by atoms with Gasteiger partial charge in [0.25, 0.3) is 11.8 Å². The molecule has 1 amide bonds. The van der Waals surface area contributed by atoms with Crippen LogP contribution < -0.4 is 0 Å². The Balaban J connectivity index is 1.21. The van der Waals surface area contributed by atoms with Gasteiger partial charge in [0.05, 0.1) is 5.56 Å². The number of tetrazole rings is 1. The number of unbranched alkanes of at least 4 members (excludes halogenated alkanes) is 4. The van der Waals surface area contributed by atoms with Gasteiger partial charge in [-0.1, -0.05) is 35.6 Å². The molecule has 1 N–H and O–H groups in total. The molecule has 1 aliphatic carbocycles. The van der Waals surface area contributed by atoms with Gasteiger partial charge in [0.15, 0.2) is 5.82 Å². The van der Waals surface area contributed by atoms with Crippen LogP contribution in [0.4, 0.5) is 8.78 Å². The number of amides is 1. The van der Waals surface area contributed by atoms with E-state index in [1.54, 1.807) is 0 Å². The summed E-state index contributed by atoms with van der Waals surface area (Å²) in [4.78, 5) is 15.7. The van der Waals surface area contributed by atoms with E-state index < -0.39 is 5.92 Å². The molecule has 2 aliphatic rings. The fourth-order valence-corrected chi connectivity index (χ4v) is 5.67. The maximum atomic E-state index is 13.8. The fourth-order valence-electron chi connectivity index (χ4n) is 5.50. The van der Waals surface area contributed by atoms with E-state index in [0.717, 1.165) is 67.1 Å². The Bertz CT molecular complexity index is 1320. The normalized spacial score (nSPS) is 19.1. The molecule has 3 aromatic rings. The zero-order valence-corrected chi connectivity index (χ0v) is 21.7. The number of aromatic nitrogens is 5. The number of nitrogens with one attached hydrogen (secondary N) is 1. The summed E-state index contributed by atoms with van der Waals surface area (Å²) in [5.41, 5.74) is 2.75. The van der Waals surface area contributed by atoms with Crippen molar-refractivity contribution in [1.29, 1.82) is 0 Å². The molecule has 0 radical (unpaired) electrons. The minimum Gasteiger partial charge on any atom is -0.347 e. The Morgan fingerprint density at radius 3 is 2.81 bits per heavy atom. The number of carbonyl (C=O) groups is 1. The zero-order chi connectivity index (χ0) is 26.0. The predicted molar refractivity (Wildman–Crippen MR) is 138 cm³/mol. The second kappa shape index (κ2) is 10.8. The van der Waals surface area contributed by atoms with Crippen LogP contribution in [0.1, 0.15) is 79.2 Å². The van der Waals surface area contributed by atoms with Crippen molar-refractivity contribution in [2.24, 2.45) is 13.0 Å². The lowest BCUT2D eigenvalue weighted by atomic mass is 9.82. The highest BCUT2D eigenvalue weighted by atomic mass is 35.5. The first kappa shape index (κ1) is 25.7. The summed E-state index contributed by atoms with van der Waals surface area (Å²) in [7, 11) is 2.01. The van der Waals surface area contributed by atoms with Crippen LogP contribution in [0.2, 0.25) is 5.02 Å². The topological polar surface area (TPSA) is 79.7 Å². The average Bonchev–Trinajstić information content (AvgIpc) is 3.59. The third-order valence-corrected chi connectivity index (χ3v) is 7.80. The van der Waals surface area contributed by atoms with Crippen LogP contribution in [0.5, 0.6) is 0 Å². The Morgan fingerprint density at radius 2 is 2.05 bits per heavy atom. The first-order valence-electron chi connectivity index (χ1n) is 13.0. The number of aryl methyl sites for hydroxylation is 1. The number of likely N-dealkylation sites (tertiary alicyclic amines) is 1. The summed E-state index contributed by atoms with van der Waals surface area (Å²) in [6.45, 7) is 1.21. The molecule has 7 nitrogen and oxygen atoms in total. The number of hydrogen-bond donors (Lipinski definition) is 1. The van der Waals surface area contributed by atoms with Crippen LogP contribution in [0.15, 0.2) is 18.2 Å². The number of halogens is 3. The van der Waals surface area contributed by atoms with Crippen LogP contribution in [0, 0.1) is 17.8 Å². The number of nitrogens with zero attached hydrogens (tertiary/aromatic N) is 5. The van der Waals surface area contributed by atoms with Gasteiger partial charge in [-0.05, 0) is 43.9 Å². The average molecular weight is 529 g/mol. The number of alkyl halides is 2. The monoisotopic (exact) mass is 528 g/mol. The number of fused-ring (bicyclic) bond motifs is 1. The van der Waals surface area contributed by atoms with Crippen LogP contribution >= 0.6 is 11.6 Å². The standard InChI is InChI=1S/C27H31ClF2N6O/c1-35-22-11-10-20(28)14-21(22)24(26(37)36-13-12-19(17-36)25-31-33-34-32-25)23(35)9-7-5-3-2-4-6-8-18-15-27(29,30)16-18/h10-11,14,18-19H,2-5,7,9,12-13,15-17H2,1H3,(H,31,32,33,34)/t19-/m0/s1. The predicted octanol–water partition coefficient (Wildman–Crippen LogP) is 5.52. The Morgan fingerprint density at radius 1 is 1.24 bits per heavy atom. The molecule has 1 saturated carbocycles. The molecule has 2 aromatic heterocycles. The Kier molecular flexibility index (Phi) is 7.47. The molecule has 1 saturated heterocycles. The largest absolute Gasteiger partial charge is 0.347 e. The smallest absolute Gasteiger partial charge is 0.256 e. The third-order valence-electron chi connectivity index (χ3n) is 7.56. The van der Waals surface area contributed by atoms with Crippen molar-refractivity contribution in [3.05, 3.63) is 40.3 Å². The zero-order valence-electron chi connectivity index (χ0n) is 20.9. The summed E-state index contributed by atoms with van der Waals surface area (Å²) in [5, 5.41) is 15.8. The molecule has 2 fully saturated rings. The minimum atomic E-state index is -2.50. The van der Waals surface area contributed by atoms with Crippen molar-refractivity contribution in [1.82, 2.24) is 30.1 Å². The number of hydrogen-bond acceptors (Lipinski definition) is 4. The molecular formula is C27H31ClF2N6O. The molecule has 1 aliphatic heterocycles. The molecule has 5 rings (SSSR count). The van der Waals surface area contributed by atoms with Crippen molar-refractivity contribution in [3.8, 4) is 11.8 Å². The molecule has 3 heterocycles. The maximum absolute atomic E-state index is 13.8. The molecule has 10 heteroatoms. The number of rotatable bonds is 8. The second-order valence-electron chi connectivity index (χ2n) is 10.2. The Hall–Kier alpha value is -2.99. The van der Waals surface area contributed by atoms with Crippen molar-refractivity contribution in [3.63, 3.8) is 0 Å². The molecule has 196 valence electrons. The second-order valence-corrected chi connectivity index (χ2v) is 10.7. The third kappa shape index (κ3) is 5.64. The van der Waals surface area contributed by atoms with Gasteiger partial charge >= 0.3 is 0 Å². The molecule has 0 bridgehead atoms. The lowest BCUT2D eigenvalue weighted by Gasteiger charge is -2.31. The first-order valence-corrected chi connectivity index (χ1v) is 13.4. The SMILES string of the molecule is Cn1c(CCCCCCC#CC2CC(F)(F)C2)c(C(=O)N2CC[C@H](c3nn[nH]n3)C2)c2cc(Cl)ccc21. The molecular weight excluding hydrogens is 498 g/mol. The van der Waals surface area contributed by atoms with E-state index in [9.17, 15) is 13.6 Å². The molecule has 37 heavy (non-hydrogen) atoms. The van der Waals surface area contributed by atoms with Gasteiger partial charge in [-0.3, -0.25) is 4.79 Å². The number of benzene rings is 1. The highest BCUT2D eigenvalue weighted by Gasteiger charge is 2.44. The van der Waals surface area contributed by atoms with E-state index in [-0.39, 0.29) is 30.6 Å². The minimum absolute atomic E-state index is 0.0192. The van der Waals surface area contributed by atoms with Crippen LogP contribution in [0.25, 0.3) is 10.9 Å². The summed E-state index contributed by atoms with van der Waals surface area (Å²) >= 11 is 6.33. The lowest BCUT2D eigenvalue weighted by molar-refractivity contribution is -0.0936. The van der Waals surface area contributed by atoms with E-state index in [4.69, 9.17) is 11.6 Å². The summed E-state index contributed by atoms with van der Waals surface area (Å²) < 4.78 is 27.9. The highest BCUT2D eigenvalue weighted by molar-refractivity contribution is 6.31. The Labute approximate surface area is 219 Å². The quantitative estimate of drug-likeness (QED) is 0.308. The van der Waals surface area contributed by atoms with Gasteiger partial charge < -0.3 is 9.47 Å². The number of H-pyrrole nitrogens is 1. The van der Waals surface area contributed by atoms with Gasteiger partial charge in [0.1, 0.15) is 0 Å². The van der Waals surface area contributed by atoms with Crippen LogP contribution in [-0.4, -0.2) is 55.0 Å². The van der Waals surface area contributed by atoms with E-state index in [0.29, 0.717) is 23.9 Å². The van der Waals surface area contributed by atoms with Crippen molar-refractivity contribution in [2.45, 2.75) is 69.6 Å². The van der Waals surface area contributed by atoms with Crippen molar-refractivity contribution in [2.75, 3.05) is 13.1 Å². The van der Waals surface area contributed by atoms with Crippen LogP contribution in [-0.2, 0) is 13.5 Å². The van der Waals surface area contributed by atoms with E-state index in [1.807, 2.05) is 30.1 Å². The highest BCUT2D eigenvalue weighted by Crippen LogP contribution is 2.41. The summed E-state index contributed by atoms with van der Waals surface area (Å²) in [6, 6.07) is 5.72. The first-order chi connectivity index (χ1) is 17.8. The summed E-state index contributed by atoms with van der Waals surface area (Å²) in [6.07, 6.45) is 6.10. The van der Waals surface area contributed by atoms with E-state index >= 15 is 0 Å². The maximum Gasteiger partial charge on any atom is 0.256 e. The molecule has 1 aromatic carbocycles. The van der Waals surface area contributed by atoms with Gasteiger partial charge in [-0.15, -0.1) is 16.1 Å². The summed E-state index contributed by atoms with van der Waals surface area (Å²) in [5.74, 6) is 4.15. The van der Waals surface area contributed by atoms with E-state index in [2.05, 4.69) is 37.0 Å². The van der Waals surface area contributed by atoms with Crippen LogP contribution in [0.3, 0.4) is 0 Å². The van der Waals surface area contributed by atoms with Gasteiger partial charge in [0, 0.05) is 72.9 Å². The van der Waals surface area contributed by atoms with Gasteiger partial charge in [-0.25, -0.2) is 8.78 Å². The number of carbonyl (C=O) groups excluding carboxylic acids is 1. The molecule has 1 atom stereocenters. The van der Waals surface area contributed by atoms with E-state index in [1.165, 1.54) is 0 Å². The molecule has 0 spiro atoms. The van der Waals surface area contributed by atoms with Crippen molar-refractivity contribution >= 4 is 28.4 Å². The van der Waals surface area contributed by atoms with Gasteiger partial charge in [0.2, 0.25) is 0 Å². The lowest BCUT2D eigenvalue weighted by Crippen LogP contribution is -2.34. The number of aromatic amines is 1. The van der Waals surface area contributed by atoms with Crippen molar-refractivity contribution < 1.29 is 13.6 Å².